The van der Waals surface area contributed by atoms with E-state index in [1.54, 1.807) is 30.8 Å². The zero-order chi connectivity index (χ0) is 37.7. The predicted molar refractivity (Wildman–Crippen MR) is 206 cm³/mol. The summed E-state index contributed by atoms with van der Waals surface area (Å²) in [6.45, 7) is 3.54. The van der Waals surface area contributed by atoms with Crippen molar-refractivity contribution in [1.82, 2.24) is 26.1 Å². The number of fused-ring (bicyclic) bond motifs is 1. The molecule has 1 unspecified atom stereocenters. The van der Waals surface area contributed by atoms with Gasteiger partial charge in [0, 0.05) is 29.1 Å². The molecule has 0 spiro atoms. The zero-order valence-corrected chi connectivity index (χ0v) is 30.6. The van der Waals surface area contributed by atoms with E-state index in [-0.39, 0.29) is 25.3 Å². The molecule has 3 atom stereocenters. The highest BCUT2D eigenvalue weighted by Gasteiger charge is 2.34. The molecular formula is C41H43N5O6S. The number of amides is 4. The number of nitrogens with one attached hydrogen (secondary N) is 3. The van der Waals surface area contributed by atoms with Crippen LogP contribution < -0.4 is 16.1 Å². The number of benzene rings is 4. The summed E-state index contributed by atoms with van der Waals surface area (Å²) in [5.74, 6) is -1.76. The lowest BCUT2D eigenvalue weighted by Gasteiger charge is -2.31. The predicted octanol–water partition coefficient (Wildman–Crippen LogP) is 5.27. The summed E-state index contributed by atoms with van der Waals surface area (Å²) in [6.07, 6.45) is 2.67. The number of carbonyl (C=O) groups excluding carboxylic acids is 4. The number of thioether (sulfide) groups is 1. The van der Waals surface area contributed by atoms with Crippen LogP contribution in [0.2, 0.25) is 0 Å². The number of ether oxygens (including phenoxy) is 1. The molecule has 0 aliphatic rings. The van der Waals surface area contributed by atoms with E-state index in [0.29, 0.717) is 11.1 Å². The zero-order valence-electron chi connectivity index (χ0n) is 29.8. The fraction of sp³-hybridized carbons (Fsp3) is 0.244. The summed E-state index contributed by atoms with van der Waals surface area (Å²) in [4.78, 5) is 58.8. The molecular weight excluding hydrogens is 691 g/mol. The van der Waals surface area contributed by atoms with E-state index in [0.717, 1.165) is 38.0 Å². The molecule has 5 rings (SSSR count). The second kappa shape index (κ2) is 18.7. The molecule has 0 saturated carbocycles. The normalized spacial score (nSPS) is 12.6. The van der Waals surface area contributed by atoms with Gasteiger partial charge in [-0.3, -0.25) is 24.8 Å². The molecule has 12 heteroatoms. The Morgan fingerprint density at radius 3 is 2.17 bits per heavy atom. The quantitative estimate of drug-likeness (QED) is 0.113. The van der Waals surface area contributed by atoms with Gasteiger partial charge in [-0.15, -0.1) is 0 Å². The molecule has 4 N–H and O–H groups in total. The maximum absolute atomic E-state index is 14.2. The number of aromatic nitrogens is 1. The Hall–Kier alpha value is -5.72. The van der Waals surface area contributed by atoms with Crippen LogP contribution in [0.4, 0.5) is 4.79 Å². The van der Waals surface area contributed by atoms with Crippen LogP contribution in [0.5, 0.6) is 0 Å². The van der Waals surface area contributed by atoms with Crippen molar-refractivity contribution in [3.63, 3.8) is 0 Å². The molecule has 274 valence electrons. The molecule has 0 saturated heterocycles. The molecule has 53 heavy (non-hydrogen) atoms. The summed E-state index contributed by atoms with van der Waals surface area (Å²) in [5, 5.41) is 20.1. The van der Waals surface area contributed by atoms with Gasteiger partial charge in [-0.2, -0.15) is 11.8 Å². The van der Waals surface area contributed by atoms with Gasteiger partial charge in [0.05, 0.1) is 12.6 Å². The van der Waals surface area contributed by atoms with Crippen LogP contribution in [-0.4, -0.2) is 69.1 Å². The van der Waals surface area contributed by atoms with Crippen molar-refractivity contribution in [3.8, 4) is 0 Å². The maximum atomic E-state index is 14.2. The van der Waals surface area contributed by atoms with Gasteiger partial charge in [0.2, 0.25) is 5.91 Å². The summed E-state index contributed by atoms with van der Waals surface area (Å²) in [6, 6.07) is 28.9. The second-order valence-corrected chi connectivity index (χ2v) is 13.5. The van der Waals surface area contributed by atoms with Gasteiger partial charge in [-0.05, 0) is 65.8 Å². The molecule has 4 amide bonds. The fourth-order valence-corrected chi connectivity index (χ4v) is 6.57. The van der Waals surface area contributed by atoms with Crippen molar-refractivity contribution >= 4 is 46.3 Å². The van der Waals surface area contributed by atoms with Gasteiger partial charge >= 0.3 is 6.09 Å². The van der Waals surface area contributed by atoms with Gasteiger partial charge in [0.25, 0.3) is 11.8 Å². The lowest BCUT2D eigenvalue weighted by molar-refractivity contribution is -0.145. The molecule has 0 bridgehead atoms. The molecule has 0 aliphatic carbocycles. The van der Waals surface area contributed by atoms with Crippen LogP contribution in [-0.2, 0) is 33.9 Å². The van der Waals surface area contributed by atoms with Crippen LogP contribution in [0.15, 0.2) is 116 Å². The van der Waals surface area contributed by atoms with Crippen LogP contribution in [0.3, 0.4) is 0 Å². The lowest BCUT2D eigenvalue weighted by Crippen LogP contribution is -2.59. The number of aliphatic hydroxyl groups is 1. The largest absolute Gasteiger partial charge is 0.445 e. The van der Waals surface area contributed by atoms with Crippen molar-refractivity contribution < 1.29 is 29.0 Å². The number of rotatable bonds is 14. The molecule has 11 nitrogen and oxygen atoms in total. The smallest absolute Gasteiger partial charge is 0.408 e. The average Bonchev–Trinajstić information content (AvgIpc) is 3.16. The summed E-state index contributed by atoms with van der Waals surface area (Å²) < 4.78 is 5.52. The minimum absolute atomic E-state index is 0.0321. The number of aliphatic hydroxyl groups excluding tert-OH is 1. The van der Waals surface area contributed by atoms with E-state index >= 15 is 0 Å². The van der Waals surface area contributed by atoms with Crippen molar-refractivity contribution in [3.05, 3.63) is 149 Å². The summed E-state index contributed by atoms with van der Waals surface area (Å²) in [7, 11) is 0. The Morgan fingerprint density at radius 1 is 0.830 bits per heavy atom. The number of carbonyl (C=O) groups is 4. The molecule has 0 fully saturated rings. The van der Waals surface area contributed by atoms with Crippen LogP contribution >= 0.6 is 11.8 Å². The Balaban J connectivity index is 1.35. The highest BCUT2D eigenvalue weighted by atomic mass is 32.2. The number of pyridine rings is 1. The molecule has 0 aliphatic heterocycles. The Kier molecular flexibility index (Phi) is 13.6. The van der Waals surface area contributed by atoms with Gasteiger partial charge in [-0.1, -0.05) is 97.1 Å². The van der Waals surface area contributed by atoms with Crippen molar-refractivity contribution in [2.24, 2.45) is 0 Å². The van der Waals surface area contributed by atoms with Gasteiger partial charge in [-0.25, -0.2) is 9.80 Å². The Morgan fingerprint density at radius 2 is 1.49 bits per heavy atom. The van der Waals surface area contributed by atoms with Gasteiger partial charge in [0.1, 0.15) is 12.6 Å². The third kappa shape index (κ3) is 10.4. The van der Waals surface area contributed by atoms with E-state index in [2.05, 4.69) is 21.0 Å². The van der Waals surface area contributed by atoms with Crippen LogP contribution in [0.1, 0.15) is 38.2 Å². The Labute approximate surface area is 313 Å². The molecule has 4 aromatic carbocycles. The number of alkyl carbamates (subject to hydrolysis) is 1. The maximum Gasteiger partial charge on any atom is 0.408 e. The number of aryl methyl sites for hydroxylation is 2. The van der Waals surface area contributed by atoms with Crippen LogP contribution in [0.25, 0.3) is 10.8 Å². The second-order valence-electron chi connectivity index (χ2n) is 12.6. The van der Waals surface area contributed by atoms with Crippen LogP contribution in [0, 0.1) is 13.8 Å². The number of hydrazine groups is 1. The van der Waals surface area contributed by atoms with Crippen molar-refractivity contribution in [1.29, 1.82) is 0 Å². The molecule has 1 heterocycles. The van der Waals surface area contributed by atoms with E-state index in [4.69, 9.17) is 4.74 Å². The minimum Gasteiger partial charge on any atom is -0.445 e. The number of hydrogen-bond donors (Lipinski definition) is 4. The third-order valence-corrected chi connectivity index (χ3v) is 9.39. The minimum atomic E-state index is -1.79. The monoisotopic (exact) mass is 733 g/mol. The van der Waals surface area contributed by atoms with Crippen molar-refractivity contribution in [2.45, 2.75) is 51.6 Å². The highest BCUT2D eigenvalue weighted by Crippen LogP contribution is 2.19. The number of hydrogen-bond acceptors (Lipinski definition) is 8. The average molecular weight is 734 g/mol. The van der Waals surface area contributed by atoms with E-state index in [1.807, 2.05) is 105 Å². The topological polar surface area (TPSA) is 150 Å². The lowest BCUT2D eigenvalue weighted by atomic mass is 9.99. The molecule has 0 radical (unpaired) electrons. The number of nitrogens with zero attached hydrogens (tertiary/aromatic N) is 2. The third-order valence-electron chi connectivity index (χ3n) is 8.73. The standard InChI is InChI=1S/C41H43N5O6S/c1-27-12-10-13-28(2)36(27)39(49)45-46(24-30-16-8-5-9-17-30)40(50)37(47)34(22-29-14-6-4-7-15-29)43-38(48)35(26-53-3)44-41(51)52-25-32-19-11-18-31-23-42-21-20-33(31)32/h4-21,23,34-35,37,47H,22,24-26H2,1-3H3,(H,43,48)(H,44,51)(H,45,49)/t34-,35?,37-/m0/s1. The van der Waals surface area contributed by atoms with E-state index < -0.39 is 42.0 Å². The van der Waals surface area contributed by atoms with Crippen molar-refractivity contribution in [2.75, 3.05) is 12.0 Å². The SMILES string of the molecule is CSCC(NC(=O)OCc1cccc2cnccc12)C(=O)N[C@@H](Cc1ccccc1)[C@H](O)C(=O)N(Cc1ccccc1)NC(=O)c1c(C)cccc1C. The first kappa shape index (κ1) is 38.5. The molecule has 5 aromatic rings. The Bertz CT molecular complexity index is 2000. The first-order valence-corrected chi connectivity index (χ1v) is 18.5. The first-order valence-electron chi connectivity index (χ1n) is 17.1. The molecule has 1 aromatic heterocycles. The van der Waals surface area contributed by atoms with E-state index in [1.165, 1.54) is 11.8 Å². The summed E-state index contributed by atoms with van der Waals surface area (Å²) in [5.41, 5.74) is 6.82. The fourth-order valence-electron chi connectivity index (χ4n) is 6.01. The van der Waals surface area contributed by atoms with Gasteiger partial charge < -0.3 is 20.5 Å². The highest BCUT2D eigenvalue weighted by molar-refractivity contribution is 7.98. The summed E-state index contributed by atoms with van der Waals surface area (Å²) >= 11 is 1.33. The van der Waals surface area contributed by atoms with Gasteiger partial charge in [0.15, 0.2) is 6.10 Å². The first-order chi connectivity index (χ1) is 25.6. The van der Waals surface area contributed by atoms with E-state index in [9.17, 15) is 24.3 Å².